The van der Waals surface area contributed by atoms with Crippen LogP contribution in [0, 0.1) is 29.4 Å². The van der Waals surface area contributed by atoms with Crippen LogP contribution in [0.2, 0.25) is 0 Å². The van der Waals surface area contributed by atoms with Crippen LogP contribution in [0.25, 0.3) is 10.8 Å². The minimum atomic E-state index is -0.841. The maximum Gasteiger partial charge on any atom is 0.160 e. The molecule has 0 spiro atoms. The number of halogens is 2. The van der Waals surface area contributed by atoms with Gasteiger partial charge in [-0.25, -0.2) is 8.78 Å². The van der Waals surface area contributed by atoms with E-state index in [0.29, 0.717) is 11.5 Å². The van der Waals surface area contributed by atoms with Crippen LogP contribution < -0.4 is 0 Å². The van der Waals surface area contributed by atoms with Crippen LogP contribution in [0.5, 0.6) is 0 Å². The number of benzene rings is 3. The molecular weight excluding hydrogens is 362 g/mol. The summed E-state index contributed by atoms with van der Waals surface area (Å²) < 4.78 is 26.8. The van der Waals surface area contributed by atoms with Crippen LogP contribution in [-0.4, -0.2) is 0 Å². The highest BCUT2D eigenvalue weighted by Gasteiger charge is 2.29. The lowest BCUT2D eigenvalue weighted by Gasteiger charge is -2.31. The molecule has 148 valence electrons. The molecule has 0 heterocycles. The summed E-state index contributed by atoms with van der Waals surface area (Å²) >= 11 is 0. The van der Waals surface area contributed by atoms with Crippen molar-refractivity contribution in [2.24, 2.45) is 5.92 Å². The predicted molar refractivity (Wildman–Crippen MR) is 116 cm³/mol. The summed E-state index contributed by atoms with van der Waals surface area (Å²) in [6.45, 7) is 2.22. The molecule has 3 aromatic rings. The number of rotatable bonds is 4. The van der Waals surface area contributed by atoms with Gasteiger partial charge in [-0.1, -0.05) is 74.4 Å². The largest absolute Gasteiger partial charge is 0.204 e. The van der Waals surface area contributed by atoms with Crippen molar-refractivity contribution >= 4 is 10.8 Å². The predicted octanol–water partition coefficient (Wildman–Crippen LogP) is 7.40. The molecular formula is C27H26F2. The van der Waals surface area contributed by atoms with Crippen LogP contribution in [0.1, 0.15) is 61.6 Å². The molecule has 1 aliphatic rings. The monoisotopic (exact) mass is 388 g/mol. The summed E-state index contributed by atoms with van der Waals surface area (Å²) in [6, 6.07) is 16.9. The Bertz CT molecular complexity index is 1070. The van der Waals surface area contributed by atoms with Crippen LogP contribution in [0.15, 0.2) is 54.6 Å². The van der Waals surface area contributed by atoms with E-state index in [0.717, 1.165) is 25.3 Å². The third-order valence-corrected chi connectivity index (χ3v) is 6.12. The van der Waals surface area contributed by atoms with Crippen molar-refractivity contribution in [3.05, 3.63) is 82.9 Å². The Morgan fingerprint density at radius 1 is 0.966 bits per heavy atom. The minimum Gasteiger partial charge on any atom is -0.204 e. The minimum absolute atomic E-state index is 0.133. The van der Waals surface area contributed by atoms with Crippen molar-refractivity contribution in [3.63, 3.8) is 0 Å². The van der Waals surface area contributed by atoms with Gasteiger partial charge in [-0.05, 0) is 65.3 Å². The van der Waals surface area contributed by atoms with Gasteiger partial charge in [0.25, 0.3) is 0 Å². The second-order valence-electron chi connectivity index (χ2n) is 8.02. The number of hydrogen-bond donors (Lipinski definition) is 0. The number of unbranched alkanes of at least 4 members (excludes halogenated alkanes) is 2. The molecule has 0 bridgehead atoms. The molecule has 2 heteroatoms. The fourth-order valence-electron chi connectivity index (χ4n) is 4.57. The summed E-state index contributed by atoms with van der Waals surface area (Å²) in [5.41, 5.74) is 3.25. The highest BCUT2D eigenvalue weighted by Crippen LogP contribution is 2.41. The van der Waals surface area contributed by atoms with Gasteiger partial charge < -0.3 is 0 Å². The zero-order chi connectivity index (χ0) is 20.2. The maximum absolute atomic E-state index is 13.6. The normalized spacial score (nSPS) is 18.2. The second kappa shape index (κ2) is 8.78. The van der Waals surface area contributed by atoms with Gasteiger partial charge in [-0.15, -0.1) is 0 Å². The van der Waals surface area contributed by atoms with E-state index < -0.39 is 11.6 Å². The van der Waals surface area contributed by atoms with Crippen LogP contribution >= 0.6 is 0 Å². The van der Waals surface area contributed by atoms with E-state index in [9.17, 15) is 8.78 Å². The fraction of sp³-hybridized carbons (Fsp3) is 0.333. The van der Waals surface area contributed by atoms with Crippen LogP contribution in [0.4, 0.5) is 8.78 Å². The zero-order valence-corrected chi connectivity index (χ0v) is 16.8. The van der Waals surface area contributed by atoms with Gasteiger partial charge in [0.05, 0.1) is 0 Å². The Kier molecular flexibility index (Phi) is 5.95. The highest BCUT2D eigenvalue weighted by atomic mass is 19.2. The van der Waals surface area contributed by atoms with Crippen LogP contribution in [0.3, 0.4) is 0 Å². The summed E-state index contributed by atoms with van der Waals surface area (Å²) in [4.78, 5) is 0. The first-order chi connectivity index (χ1) is 14.2. The van der Waals surface area contributed by atoms with E-state index in [2.05, 4.69) is 55.2 Å². The molecule has 0 saturated carbocycles. The molecule has 1 aliphatic carbocycles. The van der Waals surface area contributed by atoms with Crippen LogP contribution in [-0.2, 0) is 6.42 Å². The van der Waals surface area contributed by atoms with E-state index in [1.807, 2.05) is 0 Å². The lowest BCUT2D eigenvalue weighted by Crippen LogP contribution is -2.20. The van der Waals surface area contributed by atoms with Crippen molar-refractivity contribution < 1.29 is 8.78 Å². The van der Waals surface area contributed by atoms with E-state index in [1.54, 1.807) is 6.07 Å². The zero-order valence-electron chi connectivity index (χ0n) is 16.8. The summed E-state index contributed by atoms with van der Waals surface area (Å²) in [6.07, 6.45) is 7.03. The first-order valence-corrected chi connectivity index (χ1v) is 10.6. The van der Waals surface area contributed by atoms with Gasteiger partial charge in [-0.2, -0.15) is 0 Å². The molecule has 0 saturated heterocycles. The average Bonchev–Trinajstić information content (AvgIpc) is 2.75. The number of fused-ring (bicyclic) bond motifs is 3. The molecule has 29 heavy (non-hydrogen) atoms. The van der Waals surface area contributed by atoms with Crippen molar-refractivity contribution in [2.45, 2.75) is 51.4 Å². The van der Waals surface area contributed by atoms with Gasteiger partial charge in [0, 0.05) is 11.5 Å². The molecule has 3 aromatic carbocycles. The fourth-order valence-corrected chi connectivity index (χ4v) is 4.57. The number of aryl methyl sites for hydroxylation is 1. The maximum atomic E-state index is 13.6. The Morgan fingerprint density at radius 2 is 1.83 bits per heavy atom. The third kappa shape index (κ3) is 4.20. The average molecular weight is 389 g/mol. The highest BCUT2D eigenvalue weighted by molar-refractivity contribution is 5.87. The Morgan fingerprint density at radius 3 is 2.66 bits per heavy atom. The van der Waals surface area contributed by atoms with Crippen molar-refractivity contribution in [1.29, 1.82) is 0 Å². The quantitative estimate of drug-likeness (QED) is 0.323. The Balaban J connectivity index is 1.73. The van der Waals surface area contributed by atoms with Gasteiger partial charge >= 0.3 is 0 Å². The first-order valence-electron chi connectivity index (χ1n) is 10.6. The smallest absolute Gasteiger partial charge is 0.160 e. The van der Waals surface area contributed by atoms with E-state index in [1.165, 1.54) is 47.2 Å². The van der Waals surface area contributed by atoms with E-state index >= 15 is 0 Å². The topological polar surface area (TPSA) is 0 Å². The van der Waals surface area contributed by atoms with Crippen molar-refractivity contribution in [2.75, 3.05) is 0 Å². The molecule has 0 aromatic heterocycles. The third-order valence-electron chi connectivity index (χ3n) is 6.12. The first kappa shape index (κ1) is 19.6. The Hall–Kier alpha value is -2.66. The van der Waals surface area contributed by atoms with E-state index in [-0.39, 0.29) is 5.92 Å². The molecule has 0 unspecified atom stereocenters. The molecule has 0 radical (unpaired) electrons. The molecule has 0 nitrogen and oxygen atoms in total. The molecule has 0 N–H and O–H groups in total. The molecule has 2 atom stereocenters. The summed E-state index contributed by atoms with van der Waals surface area (Å²) in [5, 5.41) is 2.58. The lowest BCUT2D eigenvalue weighted by molar-refractivity contribution is 0.382. The molecule has 0 fully saturated rings. The lowest BCUT2D eigenvalue weighted by atomic mass is 9.72. The molecule has 0 amide bonds. The van der Waals surface area contributed by atoms with Crippen molar-refractivity contribution in [3.8, 4) is 11.8 Å². The Labute approximate surface area is 172 Å². The van der Waals surface area contributed by atoms with Gasteiger partial charge in [-0.3, -0.25) is 0 Å². The summed E-state index contributed by atoms with van der Waals surface area (Å²) in [7, 11) is 0. The molecule has 0 aliphatic heterocycles. The second-order valence-corrected chi connectivity index (χ2v) is 8.02. The van der Waals surface area contributed by atoms with Gasteiger partial charge in [0.2, 0.25) is 0 Å². The van der Waals surface area contributed by atoms with E-state index in [4.69, 9.17) is 0 Å². The SMILES string of the molecule is CCCCC[C@@H]1CCc2c(ccc3ccccc23)[C@H]1C#Cc1ccc(F)c(F)c1. The van der Waals surface area contributed by atoms with Gasteiger partial charge in [0.15, 0.2) is 11.6 Å². The van der Waals surface area contributed by atoms with Crippen molar-refractivity contribution in [1.82, 2.24) is 0 Å². The summed E-state index contributed by atoms with van der Waals surface area (Å²) in [5.74, 6) is 5.55. The standard InChI is InChI=1S/C27H26F2/c1-2-3-4-7-21-13-15-24-22-9-6-5-8-20(22)12-16-25(24)23(21)14-10-19-11-17-26(28)27(29)18-19/h5-6,8-9,11-12,16-18,21,23H,2-4,7,13,15H2,1H3/t21-,23+/m1/s1. The van der Waals surface area contributed by atoms with Gasteiger partial charge in [0.1, 0.15) is 0 Å². The number of hydrogen-bond acceptors (Lipinski definition) is 0. The molecule has 4 rings (SSSR count).